The van der Waals surface area contributed by atoms with Crippen molar-refractivity contribution in [3.63, 3.8) is 0 Å². The highest BCUT2D eigenvalue weighted by Crippen LogP contribution is 2.17. The predicted molar refractivity (Wildman–Crippen MR) is 259 cm³/mol. The number of allylic oxidation sites excluding steroid dienone is 4. The zero-order chi connectivity index (χ0) is 41.1. The molecule has 0 saturated heterocycles. The molecule has 0 saturated carbocycles. The lowest BCUT2D eigenvalue weighted by Crippen LogP contribution is -3.08. The molecule has 2 atom stereocenters. The molecule has 4 heteroatoms. The van der Waals surface area contributed by atoms with Crippen LogP contribution in [0.2, 0.25) is 0 Å². The van der Waals surface area contributed by atoms with Crippen molar-refractivity contribution in [1.29, 1.82) is 0 Å². The van der Waals surface area contributed by atoms with Gasteiger partial charge in [0.25, 0.3) is 0 Å². The van der Waals surface area contributed by atoms with E-state index >= 15 is 0 Å². The van der Waals surface area contributed by atoms with Gasteiger partial charge in [-0.2, -0.15) is 0 Å². The second kappa shape index (κ2) is 42.5. The van der Waals surface area contributed by atoms with E-state index in [2.05, 4.69) is 36.7 Å². The van der Waals surface area contributed by atoms with Gasteiger partial charge in [0, 0.05) is 0 Å². The first-order valence-electron chi connectivity index (χ1n) is 26.6. The van der Waals surface area contributed by atoms with Crippen molar-refractivity contribution in [2.24, 2.45) is 11.5 Å². The number of nitrogens with two attached hydrogens (primary N) is 2. The van der Waals surface area contributed by atoms with E-state index in [0.29, 0.717) is 0 Å². The van der Waals surface area contributed by atoms with E-state index in [1.807, 2.05) is 0 Å². The summed E-state index contributed by atoms with van der Waals surface area (Å²) in [5.74, 6) is 0. The number of quaternary nitrogens is 2. The molecule has 338 valence electrons. The van der Waals surface area contributed by atoms with E-state index in [9.17, 15) is 0 Å². The van der Waals surface area contributed by atoms with Gasteiger partial charge < -0.3 is 21.3 Å². The molecule has 58 heavy (non-hydrogen) atoms. The van der Waals surface area contributed by atoms with Crippen LogP contribution >= 0.6 is 0 Å². The second-order valence-electron chi connectivity index (χ2n) is 19.1. The van der Waals surface area contributed by atoms with E-state index in [1.54, 1.807) is 20.9 Å². The Hall–Kier alpha value is -1.20. The molecule has 4 nitrogen and oxygen atoms in total. The van der Waals surface area contributed by atoms with Crippen LogP contribution in [0.1, 0.15) is 257 Å². The van der Waals surface area contributed by atoms with Crippen LogP contribution in [0, 0.1) is 0 Å². The number of rotatable bonds is 45. The first-order valence-corrected chi connectivity index (χ1v) is 26.6. The van der Waals surface area contributed by atoms with Gasteiger partial charge in [0.05, 0.1) is 25.5 Å². The fourth-order valence-corrected chi connectivity index (χ4v) is 9.50. The third-order valence-electron chi connectivity index (χ3n) is 13.4. The van der Waals surface area contributed by atoms with Crippen molar-refractivity contribution < 1.29 is 9.80 Å². The molecule has 0 spiro atoms. The summed E-state index contributed by atoms with van der Waals surface area (Å²) < 4.78 is 0. The Morgan fingerprint density at radius 3 is 0.776 bits per heavy atom. The third-order valence-corrected chi connectivity index (χ3v) is 13.4. The van der Waals surface area contributed by atoms with Crippen molar-refractivity contribution in [3.8, 4) is 0 Å². The molecular formula is C54H104N4+2. The van der Waals surface area contributed by atoms with Gasteiger partial charge in [0.15, 0.2) is 0 Å². The minimum Gasteiger partial charge on any atom is -0.330 e. The summed E-state index contributed by atoms with van der Waals surface area (Å²) in [6.45, 7) is 6.90. The molecular weight excluding hydrogens is 705 g/mol. The second-order valence-corrected chi connectivity index (χ2v) is 19.1. The van der Waals surface area contributed by atoms with Gasteiger partial charge in [-0.25, -0.2) is 0 Å². The molecule has 0 aromatic rings. The standard InChI is InChI=1S/C54H102N4/c55-45-35-29-23-17-11-5-1-3-7-13-19-25-31-37-47-57-49-39-43-53(51-57)41-33-27-21-15-9-10-16-22-28-34-42-54-44-40-50-58(52-54)48-38-32-26-20-14-8-4-2-6-12-18-24-30-36-46-56/h39-40,43-44,49-50H,1-38,41-42,45-48,51-52,55-56H2/p+2. The van der Waals surface area contributed by atoms with Crippen molar-refractivity contribution in [3.05, 3.63) is 47.9 Å². The van der Waals surface area contributed by atoms with Gasteiger partial charge in [-0.15, -0.1) is 0 Å². The summed E-state index contributed by atoms with van der Waals surface area (Å²) in [6, 6.07) is 0. The Bertz CT molecular complexity index is 904. The largest absolute Gasteiger partial charge is 0.330 e. The fourth-order valence-electron chi connectivity index (χ4n) is 9.50. The Labute approximate surface area is 364 Å². The van der Waals surface area contributed by atoms with E-state index in [4.69, 9.17) is 11.5 Å². The average molecular weight is 809 g/mol. The summed E-state index contributed by atoms with van der Waals surface area (Å²) in [4.78, 5) is 3.39. The van der Waals surface area contributed by atoms with Crippen LogP contribution < -0.4 is 21.3 Å². The normalized spacial score (nSPS) is 16.7. The Morgan fingerprint density at radius 1 is 0.293 bits per heavy atom. The Balaban J connectivity index is 1.28. The van der Waals surface area contributed by atoms with Gasteiger partial charge in [0.2, 0.25) is 0 Å². The van der Waals surface area contributed by atoms with E-state index in [1.165, 1.54) is 283 Å². The molecule has 0 aromatic heterocycles. The number of nitrogens with one attached hydrogen (secondary N) is 2. The summed E-state index contributed by atoms with van der Waals surface area (Å²) in [5.41, 5.74) is 14.6. The van der Waals surface area contributed by atoms with Crippen LogP contribution in [0.4, 0.5) is 0 Å². The molecule has 2 heterocycles. The SMILES string of the molecule is NCCCCCCCCCCCCCCCC[NH+]1C=CC=C(CCCCCCCCCCCCC2=CC=C[NH+](CCCCCCCCCCCCCCCCN)C2)C1. The number of unbranched alkanes of at least 4 members (excludes halogenated alkanes) is 35. The van der Waals surface area contributed by atoms with Crippen LogP contribution in [-0.2, 0) is 0 Å². The maximum atomic E-state index is 5.58. The topological polar surface area (TPSA) is 60.9 Å². The number of hydrogen-bond acceptors (Lipinski definition) is 2. The van der Waals surface area contributed by atoms with Crippen molar-refractivity contribution in [1.82, 2.24) is 0 Å². The Kier molecular flexibility index (Phi) is 38.8. The van der Waals surface area contributed by atoms with Crippen LogP contribution in [-0.4, -0.2) is 39.3 Å². The van der Waals surface area contributed by atoms with Gasteiger partial charge in [-0.05, 0) is 101 Å². The summed E-state index contributed by atoms with van der Waals surface area (Å²) in [6.07, 6.45) is 70.8. The highest BCUT2D eigenvalue weighted by Gasteiger charge is 2.13. The first kappa shape index (κ1) is 52.9. The fraction of sp³-hybridized carbons (Fsp3) is 0.852. The quantitative estimate of drug-likeness (QED) is 0.0463. The maximum Gasteiger partial charge on any atom is 0.103 e. The van der Waals surface area contributed by atoms with Gasteiger partial charge in [-0.1, -0.05) is 205 Å². The van der Waals surface area contributed by atoms with Crippen LogP contribution in [0.15, 0.2) is 47.9 Å². The van der Waals surface area contributed by atoms with Crippen LogP contribution in [0.3, 0.4) is 0 Å². The summed E-state index contributed by atoms with van der Waals surface area (Å²) in [7, 11) is 0. The lowest BCUT2D eigenvalue weighted by molar-refractivity contribution is -0.842. The zero-order valence-electron chi connectivity index (χ0n) is 39.1. The van der Waals surface area contributed by atoms with Crippen molar-refractivity contribution in [2.45, 2.75) is 257 Å². The first-order chi connectivity index (χ1) is 28.8. The highest BCUT2D eigenvalue weighted by atomic mass is 15.1. The van der Waals surface area contributed by atoms with Crippen molar-refractivity contribution >= 4 is 0 Å². The molecule has 2 unspecified atom stereocenters. The molecule has 0 aliphatic carbocycles. The average Bonchev–Trinajstić information content (AvgIpc) is 3.24. The molecule has 2 aliphatic rings. The Morgan fingerprint density at radius 2 is 0.517 bits per heavy atom. The molecule has 0 bridgehead atoms. The van der Waals surface area contributed by atoms with Crippen LogP contribution in [0.25, 0.3) is 0 Å². The summed E-state index contributed by atoms with van der Waals surface area (Å²) in [5, 5.41) is 0. The van der Waals surface area contributed by atoms with Gasteiger partial charge >= 0.3 is 0 Å². The van der Waals surface area contributed by atoms with E-state index < -0.39 is 0 Å². The van der Waals surface area contributed by atoms with E-state index in [-0.39, 0.29) is 0 Å². The lowest BCUT2D eigenvalue weighted by atomic mass is 10.0. The summed E-state index contributed by atoms with van der Waals surface area (Å²) >= 11 is 0. The molecule has 0 aromatic carbocycles. The molecule has 2 aliphatic heterocycles. The number of hydrogen-bond donors (Lipinski definition) is 4. The molecule has 0 fully saturated rings. The minimum absolute atomic E-state index is 0.867. The van der Waals surface area contributed by atoms with Gasteiger partial charge in [-0.3, -0.25) is 0 Å². The van der Waals surface area contributed by atoms with E-state index in [0.717, 1.165) is 13.1 Å². The molecule has 0 amide bonds. The maximum absolute atomic E-state index is 5.58. The minimum atomic E-state index is 0.867. The smallest absolute Gasteiger partial charge is 0.103 e. The monoisotopic (exact) mass is 809 g/mol. The third kappa shape index (κ3) is 34.5. The molecule has 6 N–H and O–H groups in total. The lowest BCUT2D eigenvalue weighted by Gasteiger charge is -2.19. The highest BCUT2D eigenvalue weighted by molar-refractivity contribution is 5.14. The predicted octanol–water partition coefficient (Wildman–Crippen LogP) is 13.2. The van der Waals surface area contributed by atoms with Gasteiger partial charge in [0.1, 0.15) is 13.1 Å². The van der Waals surface area contributed by atoms with Crippen LogP contribution in [0.5, 0.6) is 0 Å². The molecule has 2 rings (SSSR count). The molecule has 0 radical (unpaired) electrons. The zero-order valence-corrected chi connectivity index (χ0v) is 39.1. The van der Waals surface area contributed by atoms with Crippen molar-refractivity contribution in [2.75, 3.05) is 39.3 Å².